The Hall–Kier alpha value is -1.66. The monoisotopic (exact) mass is 354 g/mol. The molecule has 0 unspecified atom stereocenters. The first-order valence-electron chi connectivity index (χ1n) is 7.24. The summed E-state index contributed by atoms with van der Waals surface area (Å²) in [6, 6.07) is 7.74. The summed E-state index contributed by atoms with van der Waals surface area (Å²) in [6.07, 6.45) is 1.74. The molecule has 1 aromatic rings. The minimum absolute atomic E-state index is 0.0414. The average molecular weight is 355 g/mol. The van der Waals surface area contributed by atoms with Crippen LogP contribution in [0, 0.1) is 0 Å². The van der Waals surface area contributed by atoms with Crippen LogP contribution in [-0.2, 0) is 4.79 Å². The quantitative estimate of drug-likeness (QED) is 0.247. The number of hydrogen-bond donors (Lipinski definition) is 2. The smallest absolute Gasteiger partial charge is 0.243 e. The number of rotatable bonds is 8. The van der Waals surface area contributed by atoms with Gasteiger partial charge in [-0.15, -0.1) is 18.3 Å². The van der Waals surface area contributed by atoms with Crippen LogP contribution < -0.4 is 10.6 Å². The van der Waals surface area contributed by atoms with Crippen LogP contribution in [0.1, 0.15) is 0 Å². The molecular weight excluding hydrogens is 332 g/mol. The number of halogens is 1. The van der Waals surface area contributed by atoms with Gasteiger partial charge < -0.3 is 15.5 Å². The maximum Gasteiger partial charge on any atom is 0.243 e. The van der Waals surface area contributed by atoms with Crippen LogP contribution in [0.5, 0.6) is 0 Å². The molecule has 0 aliphatic carbocycles. The third kappa shape index (κ3) is 8.52. The molecule has 0 heterocycles. The Morgan fingerprint density at radius 2 is 2.04 bits per heavy atom. The summed E-state index contributed by atoms with van der Waals surface area (Å²) < 4.78 is 0. The van der Waals surface area contributed by atoms with E-state index in [0.717, 1.165) is 22.2 Å². The molecule has 7 heteroatoms. The molecule has 0 fully saturated rings. The second-order valence-electron chi connectivity index (χ2n) is 4.85. The molecule has 5 nitrogen and oxygen atoms in total. The van der Waals surface area contributed by atoms with E-state index in [2.05, 4.69) is 22.2 Å². The van der Waals surface area contributed by atoms with Crippen molar-refractivity contribution in [1.82, 2.24) is 15.5 Å². The summed E-state index contributed by atoms with van der Waals surface area (Å²) in [5.41, 5.74) is 0. The van der Waals surface area contributed by atoms with E-state index in [1.807, 2.05) is 24.3 Å². The number of likely N-dealkylation sites (N-methyl/N-ethyl adjacent to an activating group) is 1. The number of carbonyl (C=O) groups excluding carboxylic acids is 1. The second kappa shape index (κ2) is 11.0. The van der Waals surface area contributed by atoms with Gasteiger partial charge in [-0.1, -0.05) is 17.7 Å². The van der Waals surface area contributed by atoms with E-state index in [0.29, 0.717) is 12.5 Å². The Morgan fingerprint density at radius 3 is 2.65 bits per heavy atom. The molecule has 0 radical (unpaired) electrons. The minimum Gasteiger partial charge on any atom is -0.356 e. The van der Waals surface area contributed by atoms with Crippen molar-refractivity contribution in [3.05, 3.63) is 41.9 Å². The molecule has 0 bridgehead atoms. The standard InChI is InChI=1S/C16H23ClN4OS/c1-4-9-18-16(20-12-15(22)21(2)3)19-10-11-23-14-7-5-13(17)6-8-14/h4-8H,1,9-12H2,2-3H3,(H2,18,19,20). The van der Waals surface area contributed by atoms with Gasteiger partial charge in [0.05, 0.1) is 0 Å². The highest BCUT2D eigenvalue weighted by Crippen LogP contribution is 2.19. The van der Waals surface area contributed by atoms with Crippen molar-refractivity contribution in [2.75, 3.05) is 39.5 Å². The third-order valence-electron chi connectivity index (χ3n) is 2.76. The SMILES string of the molecule is C=CCNC(=NCC(=O)N(C)C)NCCSc1ccc(Cl)cc1. The van der Waals surface area contributed by atoms with Gasteiger partial charge in [-0.25, -0.2) is 4.99 Å². The van der Waals surface area contributed by atoms with E-state index in [9.17, 15) is 4.79 Å². The highest BCUT2D eigenvalue weighted by molar-refractivity contribution is 7.99. The number of benzene rings is 1. The summed E-state index contributed by atoms with van der Waals surface area (Å²) in [7, 11) is 3.43. The maximum atomic E-state index is 11.6. The molecule has 0 aliphatic heterocycles. The topological polar surface area (TPSA) is 56.7 Å². The van der Waals surface area contributed by atoms with Crippen molar-refractivity contribution in [1.29, 1.82) is 0 Å². The number of nitrogens with one attached hydrogen (secondary N) is 2. The van der Waals surface area contributed by atoms with Crippen LogP contribution in [0.4, 0.5) is 0 Å². The number of nitrogens with zero attached hydrogens (tertiary/aromatic N) is 2. The first kappa shape index (κ1) is 19.4. The van der Waals surface area contributed by atoms with Crippen molar-refractivity contribution in [2.45, 2.75) is 4.90 Å². The first-order valence-corrected chi connectivity index (χ1v) is 8.61. The summed E-state index contributed by atoms with van der Waals surface area (Å²) in [5.74, 6) is 1.44. The summed E-state index contributed by atoms with van der Waals surface area (Å²) in [6.45, 7) is 5.10. The van der Waals surface area contributed by atoms with E-state index in [1.165, 1.54) is 4.90 Å². The average Bonchev–Trinajstić information content (AvgIpc) is 2.54. The first-order chi connectivity index (χ1) is 11.0. The molecule has 0 saturated carbocycles. The van der Waals surface area contributed by atoms with Crippen LogP contribution >= 0.6 is 23.4 Å². The van der Waals surface area contributed by atoms with Crippen LogP contribution in [-0.4, -0.2) is 56.2 Å². The van der Waals surface area contributed by atoms with Gasteiger partial charge in [0.15, 0.2) is 5.96 Å². The van der Waals surface area contributed by atoms with E-state index in [4.69, 9.17) is 11.6 Å². The zero-order valence-corrected chi connectivity index (χ0v) is 15.1. The number of carbonyl (C=O) groups is 1. The molecule has 1 aromatic carbocycles. The number of amides is 1. The molecule has 0 aliphatic rings. The summed E-state index contributed by atoms with van der Waals surface area (Å²) in [4.78, 5) is 18.5. The molecule has 0 saturated heterocycles. The maximum absolute atomic E-state index is 11.6. The highest BCUT2D eigenvalue weighted by Gasteiger charge is 2.04. The molecule has 1 rings (SSSR count). The van der Waals surface area contributed by atoms with Gasteiger partial charge in [0.2, 0.25) is 5.91 Å². The van der Waals surface area contributed by atoms with Gasteiger partial charge in [-0.05, 0) is 24.3 Å². The number of hydrogen-bond acceptors (Lipinski definition) is 3. The molecule has 1 amide bonds. The Kier molecular flexibility index (Phi) is 9.24. The fraction of sp³-hybridized carbons (Fsp3) is 0.375. The molecule has 0 aromatic heterocycles. The van der Waals surface area contributed by atoms with Crippen LogP contribution in [0.25, 0.3) is 0 Å². The van der Waals surface area contributed by atoms with Crippen LogP contribution in [0.3, 0.4) is 0 Å². The molecule has 0 atom stereocenters. The lowest BCUT2D eigenvalue weighted by Gasteiger charge is -2.12. The number of guanidine groups is 1. The van der Waals surface area contributed by atoms with Gasteiger partial charge in [-0.3, -0.25) is 4.79 Å². The lowest BCUT2D eigenvalue weighted by atomic mass is 10.4. The molecule has 126 valence electrons. The van der Waals surface area contributed by atoms with Gasteiger partial charge in [0, 0.05) is 42.9 Å². The van der Waals surface area contributed by atoms with Crippen molar-refractivity contribution >= 4 is 35.2 Å². The van der Waals surface area contributed by atoms with E-state index in [1.54, 1.807) is 31.9 Å². The zero-order chi connectivity index (χ0) is 17.1. The fourth-order valence-corrected chi connectivity index (χ4v) is 2.39. The fourth-order valence-electron chi connectivity index (χ4n) is 1.50. The van der Waals surface area contributed by atoms with Gasteiger partial charge in [-0.2, -0.15) is 0 Å². The second-order valence-corrected chi connectivity index (χ2v) is 6.46. The Bertz CT molecular complexity index is 531. The van der Waals surface area contributed by atoms with Crippen molar-refractivity contribution in [2.24, 2.45) is 4.99 Å². The van der Waals surface area contributed by atoms with Gasteiger partial charge in [0.1, 0.15) is 6.54 Å². The minimum atomic E-state index is -0.0414. The lowest BCUT2D eigenvalue weighted by Crippen LogP contribution is -2.39. The van der Waals surface area contributed by atoms with Crippen molar-refractivity contribution in [3.8, 4) is 0 Å². The van der Waals surface area contributed by atoms with E-state index in [-0.39, 0.29) is 12.5 Å². The van der Waals surface area contributed by atoms with Gasteiger partial charge >= 0.3 is 0 Å². The molecule has 2 N–H and O–H groups in total. The van der Waals surface area contributed by atoms with Crippen LogP contribution in [0.15, 0.2) is 46.8 Å². The van der Waals surface area contributed by atoms with E-state index >= 15 is 0 Å². The highest BCUT2D eigenvalue weighted by atomic mass is 35.5. The molecule has 0 spiro atoms. The number of thioether (sulfide) groups is 1. The summed E-state index contributed by atoms with van der Waals surface area (Å²) in [5, 5.41) is 7.03. The van der Waals surface area contributed by atoms with Crippen LogP contribution in [0.2, 0.25) is 5.02 Å². The van der Waals surface area contributed by atoms with Gasteiger partial charge in [0.25, 0.3) is 0 Å². The molecule has 23 heavy (non-hydrogen) atoms. The predicted octanol–water partition coefficient (Wildman–Crippen LogP) is 2.24. The molecular formula is C16H23ClN4OS. The summed E-state index contributed by atoms with van der Waals surface area (Å²) >= 11 is 7.59. The van der Waals surface area contributed by atoms with E-state index < -0.39 is 0 Å². The zero-order valence-electron chi connectivity index (χ0n) is 13.5. The Morgan fingerprint density at radius 1 is 1.35 bits per heavy atom. The van der Waals surface area contributed by atoms with Crippen molar-refractivity contribution in [3.63, 3.8) is 0 Å². The largest absolute Gasteiger partial charge is 0.356 e. The Balaban J connectivity index is 2.40. The van der Waals surface area contributed by atoms with Crippen molar-refractivity contribution < 1.29 is 4.79 Å². The Labute approximate surface area is 147 Å². The number of aliphatic imine (C=N–C) groups is 1. The lowest BCUT2D eigenvalue weighted by molar-refractivity contribution is -0.127. The predicted molar refractivity (Wildman–Crippen MR) is 99.4 cm³/mol. The third-order valence-corrected chi connectivity index (χ3v) is 4.03. The normalized spacial score (nSPS) is 11.0.